The largest absolute Gasteiger partial charge is 0.481 e. The molecule has 0 bridgehead atoms. The normalized spacial score (nSPS) is 10.4. The van der Waals surface area contributed by atoms with E-state index in [0.29, 0.717) is 9.90 Å². The standard InChI is InChI=1S/C12H10FN3O3S2/c1-6-2-3-7(13)4-8(6)10(19)14-11-15-16-12(21-11)20-5-9(17)18/h2-4H,5H2,1H3,(H,17,18)(H,14,15,19). The highest BCUT2D eigenvalue weighted by molar-refractivity contribution is 8.01. The summed E-state index contributed by atoms with van der Waals surface area (Å²) in [5.41, 5.74) is 0.851. The molecule has 9 heteroatoms. The number of nitrogens with one attached hydrogen (secondary N) is 1. The number of carbonyl (C=O) groups excluding carboxylic acids is 1. The van der Waals surface area contributed by atoms with Gasteiger partial charge in [-0.2, -0.15) is 0 Å². The van der Waals surface area contributed by atoms with Gasteiger partial charge in [-0.05, 0) is 24.6 Å². The number of amides is 1. The average molecular weight is 327 g/mol. The fourth-order valence-corrected chi connectivity index (χ4v) is 2.91. The zero-order chi connectivity index (χ0) is 15.4. The first-order valence-corrected chi connectivity index (χ1v) is 7.51. The number of nitrogens with zero attached hydrogens (tertiary/aromatic N) is 2. The van der Waals surface area contributed by atoms with E-state index in [9.17, 15) is 14.0 Å². The van der Waals surface area contributed by atoms with Crippen LogP contribution in [-0.4, -0.2) is 32.9 Å². The second-order valence-electron chi connectivity index (χ2n) is 3.97. The highest BCUT2D eigenvalue weighted by atomic mass is 32.2. The van der Waals surface area contributed by atoms with Crippen LogP contribution in [0.15, 0.2) is 22.5 Å². The topological polar surface area (TPSA) is 92.2 Å². The van der Waals surface area contributed by atoms with Crippen LogP contribution in [0.4, 0.5) is 9.52 Å². The summed E-state index contributed by atoms with van der Waals surface area (Å²) in [7, 11) is 0. The molecule has 0 aliphatic heterocycles. The Morgan fingerprint density at radius 2 is 2.19 bits per heavy atom. The Hall–Kier alpha value is -2.00. The molecule has 1 amide bonds. The summed E-state index contributed by atoms with van der Waals surface area (Å²) in [5.74, 6) is -2.08. The molecular formula is C12H10FN3O3S2. The summed E-state index contributed by atoms with van der Waals surface area (Å²) in [5, 5.41) is 18.8. The molecule has 6 nitrogen and oxygen atoms in total. The Morgan fingerprint density at radius 1 is 1.43 bits per heavy atom. The van der Waals surface area contributed by atoms with Gasteiger partial charge in [0.05, 0.1) is 5.75 Å². The van der Waals surface area contributed by atoms with Gasteiger partial charge in [-0.15, -0.1) is 10.2 Å². The second kappa shape index (κ2) is 6.64. The lowest BCUT2D eigenvalue weighted by Gasteiger charge is -2.04. The SMILES string of the molecule is Cc1ccc(F)cc1C(=O)Nc1nnc(SCC(=O)O)s1. The molecule has 1 aromatic carbocycles. The van der Waals surface area contributed by atoms with Crippen molar-refractivity contribution in [2.45, 2.75) is 11.3 Å². The van der Waals surface area contributed by atoms with Crippen LogP contribution in [0.5, 0.6) is 0 Å². The minimum absolute atomic E-state index is 0.133. The highest BCUT2D eigenvalue weighted by Crippen LogP contribution is 2.25. The summed E-state index contributed by atoms with van der Waals surface area (Å²) >= 11 is 2.07. The summed E-state index contributed by atoms with van der Waals surface area (Å²) in [6, 6.07) is 3.93. The number of carboxylic acid groups (broad SMARTS) is 1. The van der Waals surface area contributed by atoms with E-state index in [1.165, 1.54) is 12.1 Å². The molecule has 2 N–H and O–H groups in total. The third-order valence-corrected chi connectivity index (χ3v) is 4.35. The van der Waals surface area contributed by atoms with E-state index in [-0.39, 0.29) is 16.4 Å². The van der Waals surface area contributed by atoms with E-state index >= 15 is 0 Å². The number of hydrogen-bond acceptors (Lipinski definition) is 6. The number of halogens is 1. The van der Waals surface area contributed by atoms with E-state index in [2.05, 4.69) is 15.5 Å². The van der Waals surface area contributed by atoms with Crippen molar-refractivity contribution in [1.82, 2.24) is 10.2 Å². The minimum Gasteiger partial charge on any atom is -0.481 e. The third-order valence-electron chi connectivity index (χ3n) is 2.39. The second-order valence-corrected chi connectivity index (χ2v) is 6.17. The van der Waals surface area contributed by atoms with Gasteiger partial charge in [0.15, 0.2) is 4.34 Å². The monoisotopic (exact) mass is 327 g/mol. The first-order chi connectivity index (χ1) is 9.95. The van der Waals surface area contributed by atoms with Crippen molar-refractivity contribution in [3.05, 3.63) is 35.1 Å². The zero-order valence-electron chi connectivity index (χ0n) is 10.8. The van der Waals surface area contributed by atoms with Gasteiger partial charge in [-0.1, -0.05) is 29.2 Å². The van der Waals surface area contributed by atoms with E-state index < -0.39 is 17.7 Å². The number of anilines is 1. The van der Waals surface area contributed by atoms with Crippen LogP contribution in [0, 0.1) is 12.7 Å². The maximum atomic E-state index is 13.2. The van der Waals surface area contributed by atoms with E-state index in [1.807, 2.05) is 0 Å². The molecule has 2 aromatic rings. The van der Waals surface area contributed by atoms with Crippen molar-refractivity contribution in [2.75, 3.05) is 11.1 Å². The lowest BCUT2D eigenvalue weighted by molar-refractivity contribution is -0.133. The molecule has 0 spiro atoms. The molecule has 21 heavy (non-hydrogen) atoms. The summed E-state index contributed by atoms with van der Waals surface area (Å²) in [6.45, 7) is 1.70. The van der Waals surface area contributed by atoms with Crippen LogP contribution in [0.2, 0.25) is 0 Å². The Morgan fingerprint density at radius 3 is 2.90 bits per heavy atom. The Balaban J connectivity index is 2.06. The van der Waals surface area contributed by atoms with Gasteiger partial charge >= 0.3 is 5.97 Å². The number of rotatable bonds is 5. The molecule has 110 valence electrons. The predicted octanol–water partition coefficient (Wildman–Crippen LogP) is 2.41. The van der Waals surface area contributed by atoms with Crippen LogP contribution in [0.25, 0.3) is 0 Å². The van der Waals surface area contributed by atoms with Gasteiger partial charge in [-0.25, -0.2) is 4.39 Å². The quantitative estimate of drug-likeness (QED) is 0.647. The Kier molecular flexibility index (Phi) is 4.86. The summed E-state index contributed by atoms with van der Waals surface area (Å²) in [6.07, 6.45) is 0. The zero-order valence-corrected chi connectivity index (χ0v) is 12.4. The van der Waals surface area contributed by atoms with Gasteiger partial charge in [0.2, 0.25) is 5.13 Å². The number of aromatic nitrogens is 2. The number of thioether (sulfide) groups is 1. The molecular weight excluding hydrogens is 317 g/mol. The van der Waals surface area contributed by atoms with Crippen molar-refractivity contribution in [2.24, 2.45) is 0 Å². The summed E-state index contributed by atoms with van der Waals surface area (Å²) < 4.78 is 13.6. The maximum Gasteiger partial charge on any atom is 0.313 e. The predicted molar refractivity (Wildman–Crippen MR) is 77.4 cm³/mol. The van der Waals surface area contributed by atoms with E-state index in [1.54, 1.807) is 6.92 Å². The molecule has 1 aromatic heterocycles. The van der Waals surface area contributed by atoms with E-state index in [4.69, 9.17) is 5.11 Å². The molecule has 0 aliphatic carbocycles. The number of hydrogen-bond donors (Lipinski definition) is 2. The molecule has 0 unspecified atom stereocenters. The molecule has 0 radical (unpaired) electrons. The van der Waals surface area contributed by atoms with Gasteiger partial charge in [-0.3, -0.25) is 14.9 Å². The number of benzene rings is 1. The van der Waals surface area contributed by atoms with Crippen molar-refractivity contribution < 1.29 is 19.1 Å². The fourth-order valence-electron chi connectivity index (χ4n) is 1.45. The van der Waals surface area contributed by atoms with Crippen LogP contribution >= 0.6 is 23.1 Å². The molecule has 1 heterocycles. The van der Waals surface area contributed by atoms with Gasteiger partial charge < -0.3 is 5.11 Å². The average Bonchev–Trinajstić information content (AvgIpc) is 2.86. The van der Waals surface area contributed by atoms with Gasteiger partial charge in [0, 0.05) is 5.56 Å². The smallest absolute Gasteiger partial charge is 0.313 e. The number of aliphatic carboxylic acids is 1. The van der Waals surface area contributed by atoms with Gasteiger partial charge in [0.1, 0.15) is 5.82 Å². The Bertz CT molecular complexity index is 690. The van der Waals surface area contributed by atoms with Crippen molar-refractivity contribution in [1.29, 1.82) is 0 Å². The number of aryl methyl sites for hydroxylation is 1. The first kappa shape index (κ1) is 15.4. The Labute approximate surface area is 127 Å². The molecule has 0 aliphatic rings. The van der Waals surface area contributed by atoms with Gasteiger partial charge in [0.25, 0.3) is 5.91 Å². The van der Waals surface area contributed by atoms with Crippen LogP contribution < -0.4 is 5.32 Å². The van der Waals surface area contributed by atoms with Crippen LogP contribution in [0.3, 0.4) is 0 Å². The molecule has 0 fully saturated rings. The van der Waals surface area contributed by atoms with Crippen molar-refractivity contribution in [3.63, 3.8) is 0 Å². The number of carboxylic acids is 1. The number of carbonyl (C=O) groups is 2. The lowest BCUT2D eigenvalue weighted by atomic mass is 10.1. The maximum absolute atomic E-state index is 13.2. The molecule has 2 rings (SSSR count). The third kappa shape index (κ3) is 4.23. The van der Waals surface area contributed by atoms with Crippen LogP contribution in [0.1, 0.15) is 15.9 Å². The first-order valence-electron chi connectivity index (χ1n) is 5.71. The summed E-state index contributed by atoms with van der Waals surface area (Å²) in [4.78, 5) is 22.5. The minimum atomic E-state index is -0.962. The molecule has 0 saturated carbocycles. The van der Waals surface area contributed by atoms with Crippen LogP contribution in [-0.2, 0) is 4.79 Å². The lowest BCUT2D eigenvalue weighted by Crippen LogP contribution is -2.13. The van der Waals surface area contributed by atoms with Crippen molar-refractivity contribution >= 4 is 40.1 Å². The molecule has 0 atom stereocenters. The van der Waals surface area contributed by atoms with Crippen molar-refractivity contribution in [3.8, 4) is 0 Å². The highest BCUT2D eigenvalue weighted by Gasteiger charge is 2.14. The van der Waals surface area contributed by atoms with E-state index in [0.717, 1.165) is 29.2 Å². The fraction of sp³-hybridized carbons (Fsp3) is 0.167. The molecule has 0 saturated heterocycles.